The molecule has 0 unspecified atom stereocenters. The van der Waals surface area contributed by atoms with Gasteiger partial charge < -0.3 is 10.7 Å². The molecular weight excluding hydrogens is 248 g/mol. The molecule has 1 aliphatic carbocycles. The lowest BCUT2D eigenvalue weighted by molar-refractivity contribution is -0.383. The summed E-state index contributed by atoms with van der Waals surface area (Å²) in [6.45, 7) is 0.696. The summed E-state index contributed by atoms with van der Waals surface area (Å²) in [4.78, 5) is 18.2. The molecule has 8 nitrogen and oxygen atoms in total. The monoisotopic (exact) mass is 266 g/mol. The van der Waals surface area contributed by atoms with Gasteiger partial charge in [0.2, 0.25) is 11.6 Å². The molecule has 0 atom stereocenters. The van der Waals surface area contributed by atoms with Gasteiger partial charge in [-0.15, -0.1) is 0 Å². The van der Waals surface area contributed by atoms with Crippen molar-refractivity contribution in [2.75, 3.05) is 17.3 Å². The summed E-state index contributed by atoms with van der Waals surface area (Å²) in [5.41, 5.74) is 2.01. The molecule has 0 amide bonds. The Morgan fingerprint density at radius 3 is 2.63 bits per heavy atom. The molecule has 1 aromatic heterocycles. The zero-order valence-electron chi connectivity index (χ0n) is 10.6. The van der Waals surface area contributed by atoms with Gasteiger partial charge in [0, 0.05) is 6.54 Å². The predicted octanol–water partition coefficient (Wildman–Crippen LogP) is 1.66. The largest absolute Gasteiger partial charge is 0.364 e. The number of nitro groups is 1. The van der Waals surface area contributed by atoms with Crippen molar-refractivity contribution < 1.29 is 4.92 Å². The molecule has 1 fully saturated rings. The molecule has 2 rings (SSSR count). The van der Waals surface area contributed by atoms with Gasteiger partial charge in [-0.05, 0) is 18.8 Å². The van der Waals surface area contributed by atoms with Gasteiger partial charge in [-0.1, -0.05) is 19.3 Å². The summed E-state index contributed by atoms with van der Waals surface area (Å²) in [5, 5.41) is 14.1. The molecule has 8 heteroatoms. The maximum absolute atomic E-state index is 11.0. The van der Waals surface area contributed by atoms with E-state index in [9.17, 15) is 10.1 Å². The van der Waals surface area contributed by atoms with E-state index in [1.54, 1.807) is 0 Å². The van der Waals surface area contributed by atoms with Gasteiger partial charge in [-0.2, -0.15) is 0 Å². The molecule has 1 heterocycles. The standard InChI is InChI=1S/C11H18N6O2/c12-16-11-9(17(18)19)10(14-7-15-11)13-6-8-4-2-1-3-5-8/h7-8H,1-6,12H2,(H2,13,14,15,16). The minimum absolute atomic E-state index is 0.0196. The number of hydrogen-bond donors (Lipinski definition) is 3. The van der Waals surface area contributed by atoms with Crippen molar-refractivity contribution in [1.82, 2.24) is 9.97 Å². The van der Waals surface area contributed by atoms with Crippen LogP contribution in [0.5, 0.6) is 0 Å². The van der Waals surface area contributed by atoms with Gasteiger partial charge in [0.05, 0.1) is 4.92 Å². The van der Waals surface area contributed by atoms with Gasteiger partial charge >= 0.3 is 5.69 Å². The minimum atomic E-state index is -0.529. The van der Waals surface area contributed by atoms with Crippen LogP contribution in [0.1, 0.15) is 32.1 Å². The zero-order chi connectivity index (χ0) is 13.7. The Balaban J connectivity index is 2.08. The molecule has 0 spiro atoms. The number of hydrazine groups is 1. The Labute approximate surface area is 110 Å². The topological polar surface area (TPSA) is 119 Å². The number of hydrogen-bond acceptors (Lipinski definition) is 7. The molecule has 0 bridgehead atoms. The van der Waals surface area contributed by atoms with Crippen LogP contribution in [0.15, 0.2) is 6.33 Å². The fourth-order valence-corrected chi connectivity index (χ4v) is 2.42. The third kappa shape index (κ3) is 3.28. The first-order chi connectivity index (χ1) is 9.22. The average molecular weight is 266 g/mol. The molecule has 0 radical (unpaired) electrons. The summed E-state index contributed by atoms with van der Waals surface area (Å²) in [6.07, 6.45) is 7.32. The van der Waals surface area contributed by atoms with Crippen LogP contribution in [-0.2, 0) is 0 Å². The first kappa shape index (κ1) is 13.5. The molecule has 0 aliphatic heterocycles. The van der Waals surface area contributed by atoms with Crippen molar-refractivity contribution in [3.63, 3.8) is 0 Å². The smallest absolute Gasteiger partial charge is 0.354 e. The molecule has 104 valence electrons. The second kappa shape index (κ2) is 6.28. The number of nitrogens with zero attached hydrogens (tertiary/aromatic N) is 3. The minimum Gasteiger partial charge on any atom is -0.364 e. The van der Waals surface area contributed by atoms with Crippen LogP contribution in [0.2, 0.25) is 0 Å². The van der Waals surface area contributed by atoms with Crippen LogP contribution in [0.4, 0.5) is 17.3 Å². The fraction of sp³-hybridized carbons (Fsp3) is 0.636. The normalized spacial score (nSPS) is 16.1. The van der Waals surface area contributed by atoms with E-state index in [1.807, 2.05) is 0 Å². The number of anilines is 2. The van der Waals surface area contributed by atoms with Crippen molar-refractivity contribution in [1.29, 1.82) is 0 Å². The van der Waals surface area contributed by atoms with Gasteiger partial charge in [-0.3, -0.25) is 10.1 Å². The summed E-state index contributed by atoms with van der Waals surface area (Å²) >= 11 is 0. The average Bonchev–Trinajstić information content (AvgIpc) is 2.45. The highest BCUT2D eigenvalue weighted by molar-refractivity contribution is 5.68. The molecule has 1 saturated carbocycles. The first-order valence-electron chi connectivity index (χ1n) is 6.42. The summed E-state index contributed by atoms with van der Waals surface area (Å²) < 4.78 is 0. The lowest BCUT2D eigenvalue weighted by atomic mass is 9.89. The second-order valence-corrected chi connectivity index (χ2v) is 4.71. The van der Waals surface area contributed by atoms with Gasteiger partial charge in [-0.25, -0.2) is 15.8 Å². The number of nitrogens with one attached hydrogen (secondary N) is 2. The van der Waals surface area contributed by atoms with Crippen molar-refractivity contribution in [2.45, 2.75) is 32.1 Å². The second-order valence-electron chi connectivity index (χ2n) is 4.71. The van der Waals surface area contributed by atoms with Crippen molar-refractivity contribution in [3.05, 3.63) is 16.4 Å². The summed E-state index contributed by atoms with van der Waals surface area (Å²) in [5.74, 6) is 6.02. The van der Waals surface area contributed by atoms with Gasteiger partial charge in [0.25, 0.3) is 0 Å². The van der Waals surface area contributed by atoms with E-state index in [0.29, 0.717) is 12.5 Å². The quantitative estimate of drug-likeness (QED) is 0.421. The zero-order valence-corrected chi connectivity index (χ0v) is 10.6. The Bertz CT molecular complexity index is 447. The van der Waals surface area contributed by atoms with E-state index in [2.05, 4.69) is 20.7 Å². The van der Waals surface area contributed by atoms with Crippen LogP contribution in [0, 0.1) is 16.0 Å². The first-order valence-corrected chi connectivity index (χ1v) is 6.42. The SMILES string of the molecule is NNc1ncnc(NCC2CCCCC2)c1[N+](=O)[O-]. The molecular formula is C11H18N6O2. The lowest BCUT2D eigenvalue weighted by Gasteiger charge is -2.21. The Morgan fingerprint density at radius 1 is 1.32 bits per heavy atom. The highest BCUT2D eigenvalue weighted by Gasteiger charge is 2.23. The lowest BCUT2D eigenvalue weighted by Crippen LogP contribution is -2.19. The number of nitrogen functional groups attached to an aromatic ring is 1. The molecule has 1 aromatic rings. The number of rotatable bonds is 5. The number of nitrogens with two attached hydrogens (primary N) is 1. The maximum atomic E-state index is 11.0. The molecule has 19 heavy (non-hydrogen) atoms. The summed E-state index contributed by atoms with van der Waals surface area (Å²) in [7, 11) is 0. The Morgan fingerprint density at radius 2 is 2.00 bits per heavy atom. The highest BCUT2D eigenvalue weighted by Crippen LogP contribution is 2.29. The molecule has 0 aromatic carbocycles. The van der Waals surface area contributed by atoms with E-state index in [-0.39, 0.29) is 17.3 Å². The van der Waals surface area contributed by atoms with E-state index >= 15 is 0 Å². The van der Waals surface area contributed by atoms with Crippen LogP contribution in [0.25, 0.3) is 0 Å². The van der Waals surface area contributed by atoms with E-state index in [0.717, 1.165) is 12.8 Å². The van der Waals surface area contributed by atoms with E-state index in [4.69, 9.17) is 5.84 Å². The van der Waals surface area contributed by atoms with Crippen LogP contribution in [-0.4, -0.2) is 21.4 Å². The Hall–Kier alpha value is -1.96. The van der Waals surface area contributed by atoms with E-state index in [1.165, 1.54) is 25.6 Å². The highest BCUT2D eigenvalue weighted by atomic mass is 16.6. The van der Waals surface area contributed by atoms with Gasteiger partial charge in [0.1, 0.15) is 6.33 Å². The Kier molecular flexibility index (Phi) is 4.45. The van der Waals surface area contributed by atoms with E-state index < -0.39 is 4.92 Å². The van der Waals surface area contributed by atoms with Crippen LogP contribution < -0.4 is 16.6 Å². The molecule has 4 N–H and O–H groups in total. The molecule has 0 saturated heterocycles. The van der Waals surface area contributed by atoms with Gasteiger partial charge in [0.15, 0.2) is 0 Å². The van der Waals surface area contributed by atoms with Crippen LogP contribution in [0.3, 0.4) is 0 Å². The fourth-order valence-electron chi connectivity index (χ4n) is 2.42. The van der Waals surface area contributed by atoms with Crippen molar-refractivity contribution in [3.8, 4) is 0 Å². The van der Waals surface area contributed by atoms with Crippen molar-refractivity contribution >= 4 is 17.3 Å². The maximum Gasteiger partial charge on any atom is 0.354 e. The van der Waals surface area contributed by atoms with Crippen LogP contribution >= 0.6 is 0 Å². The third-order valence-electron chi connectivity index (χ3n) is 3.42. The molecule has 1 aliphatic rings. The number of aromatic nitrogens is 2. The third-order valence-corrected chi connectivity index (χ3v) is 3.42. The summed E-state index contributed by atoms with van der Waals surface area (Å²) in [6, 6.07) is 0. The predicted molar refractivity (Wildman–Crippen MR) is 71.6 cm³/mol. The van der Waals surface area contributed by atoms with Crippen molar-refractivity contribution in [2.24, 2.45) is 11.8 Å².